The molecular weight excluding hydrogens is 340 g/mol. The van der Waals surface area contributed by atoms with Crippen LogP contribution in [0.2, 0.25) is 0 Å². The van der Waals surface area contributed by atoms with Crippen molar-refractivity contribution in [1.82, 2.24) is 9.80 Å². The van der Waals surface area contributed by atoms with Crippen LogP contribution >= 0.6 is 0 Å². The van der Waals surface area contributed by atoms with E-state index in [2.05, 4.69) is 17.0 Å². The lowest BCUT2D eigenvalue weighted by Gasteiger charge is -2.35. The van der Waals surface area contributed by atoms with Crippen molar-refractivity contribution in [3.63, 3.8) is 0 Å². The van der Waals surface area contributed by atoms with Gasteiger partial charge in [0.25, 0.3) is 5.91 Å². The number of furan rings is 1. The molecule has 1 saturated heterocycles. The highest BCUT2D eigenvalue weighted by atomic mass is 16.5. The van der Waals surface area contributed by atoms with Gasteiger partial charge in [-0.1, -0.05) is 12.1 Å². The van der Waals surface area contributed by atoms with Crippen LogP contribution in [0.3, 0.4) is 0 Å². The maximum absolute atomic E-state index is 12.6. The van der Waals surface area contributed by atoms with Gasteiger partial charge in [0.15, 0.2) is 0 Å². The predicted octanol–water partition coefficient (Wildman–Crippen LogP) is 3.71. The van der Waals surface area contributed by atoms with Crippen molar-refractivity contribution in [1.29, 1.82) is 0 Å². The van der Waals surface area contributed by atoms with E-state index in [1.54, 1.807) is 19.4 Å². The van der Waals surface area contributed by atoms with Crippen LogP contribution in [0.25, 0.3) is 0 Å². The Morgan fingerprint density at radius 1 is 1.37 bits per heavy atom. The highest BCUT2D eigenvalue weighted by Crippen LogP contribution is 2.20. The average Bonchev–Trinajstić information content (AvgIpc) is 3.25. The first-order valence-electron chi connectivity index (χ1n) is 9.86. The Labute approximate surface area is 161 Å². The summed E-state index contributed by atoms with van der Waals surface area (Å²) in [5, 5.41) is 0. The van der Waals surface area contributed by atoms with E-state index in [9.17, 15) is 4.79 Å². The third-order valence-corrected chi connectivity index (χ3v) is 5.37. The Morgan fingerprint density at radius 2 is 2.26 bits per heavy atom. The fourth-order valence-corrected chi connectivity index (χ4v) is 3.85. The zero-order valence-electron chi connectivity index (χ0n) is 16.4. The molecule has 5 heteroatoms. The van der Waals surface area contributed by atoms with Gasteiger partial charge in [0.1, 0.15) is 12.0 Å². The number of rotatable bonds is 8. The van der Waals surface area contributed by atoms with Crippen LogP contribution in [0.4, 0.5) is 0 Å². The van der Waals surface area contributed by atoms with Gasteiger partial charge >= 0.3 is 0 Å². The fraction of sp³-hybridized carbons (Fsp3) is 0.500. The minimum Gasteiger partial charge on any atom is -0.497 e. The number of nitrogens with zero attached hydrogens (tertiary/aromatic N) is 2. The van der Waals surface area contributed by atoms with Gasteiger partial charge in [-0.05, 0) is 62.4 Å². The molecular formula is C22H30N2O3. The monoisotopic (exact) mass is 370 g/mol. The van der Waals surface area contributed by atoms with Crippen molar-refractivity contribution < 1.29 is 13.9 Å². The molecule has 0 radical (unpaired) electrons. The Balaban J connectivity index is 1.51. The number of amides is 1. The van der Waals surface area contributed by atoms with Crippen molar-refractivity contribution in [2.24, 2.45) is 5.92 Å². The van der Waals surface area contributed by atoms with Crippen LogP contribution in [0.5, 0.6) is 5.75 Å². The van der Waals surface area contributed by atoms with Gasteiger partial charge in [-0.3, -0.25) is 4.79 Å². The highest BCUT2D eigenvalue weighted by Gasteiger charge is 2.24. The molecule has 3 rings (SSSR count). The quantitative estimate of drug-likeness (QED) is 0.711. The van der Waals surface area contributed by atoms with E-state index in [4.69, 9.17) is 9.15 Å². The molecule has 0 unspecified atom stereocenters. The number of ether oxygens (including phenoxy) is 1. The summed E-state index contributed by atoms with van der Waals surface area (Å²) in [6.45, 7) is 6.83. The molecule has 5 nitrogen and oxygen atoms in total. The van der Waals surface area contributed by atoms with Gasteiger partial charge in [0, 0.05) is 26.2 Å². The van der Waals surface area contributed by atoms with Crippen LogP contribution < -0.4 is 4.74 Å². The van der Waals surface area contributed by atoms with E-state index < -0.39 is 0 Å². The predicted molar refractivity (Wildman–Crippen MR) is 106 cm³/mol. The van der Waals surface area contributed by atoms with Crippen LogP contribution in [0.1, 0.15) is 35.7 Å². The third kappa shape index (κ3) is 5.36. The van der Waals surface area contributed by atoms with E-state index in [-0.39, 0.29) is 5.91 Å². The van der Waals surface area contributed by atoms with Crippen molar-refractivity contribution in [2.45, 2.75) is 26.2 Å². The number of piperidine rings is 1. The van der Waals surface area contributed by atoms with E-state index >= 15 is 0 Å². The molecule has 146 valence electrons. The third-order valence-electron chi connectivity index (χ3n) is 5.37. The number of benzene rings is 1. The largest absolute Gasteiger partial charge is 0.497 e. The molecule has 0 spiro atoms. The summed E-state index contributed by atoms with van der Waals surface area (Å²) in [7, 11) is 1.71. The topological polar surface area (TPSA) is 45.9 Å². The molecule has 1 aromatic carbocycles. The Kier molecular flexibility index (Phi) is 6.93. The van der Waals surface area contributed by atoms with Gasteiger partial charge in [-0.25, -0.2) is 0 Å². The van der Waals surface area contributed by atoms with E-state index in [0.717, 1.165) is 44.9 Å². The highest BCUT2D eigenvalue weighted by molar-refractivity contribution is 5.93. The SMILES string of the molecule is CCN(C[C@@H]1CCCN(CCc2cccc(OC)c2)C1)C(=O)c1ccoc1. The molecule has 0 N–H and O–H groups in total. The molecule has 1 aromatic heterocycles. The number of carbonyl (C=O) groups is 1. The molecule has 0 aliphatic carbocycles. The molecule has 0 bridgehead atoms. The molecule has 2 heterocycles. The molecule has 2 aromatic rings. The minimum absolute atomic E-state index is 0.0692. The van der Waals surface area contributed by atoms with Gasteiger partial charge in [-0.2, -0.15) is 0 Å². The molecule has 1 aliphatic rings. The molecule has 27 heavy (non-hydrogen) atoms. The smallest absolute Gasteiger partial charge is 0.257 e. The summed E-state index contributed by atoms with van der Waals surface area (Å²) in [5.41, 5.74) is 1.95. The first kappa shape index (κ1) is 19.5. The number of hydrogen-bond donors (Lipinski definition) is 0. The molecule has 1 amide bonds. The van der Waals surface area contributed by atoms with Gasteiger partial charge in [0.2, 0.25) is 0 Å². The molecule has 1 atom stereocenters. The van der Waals surface area contributed by atoms with Crippen LogP contribution in [0, 0.1) is 5.92 Å². The van der Waals surface area contributed by atoms with Gasteiger partial charge < -0.3 is 19.0 Å². The van der Waals surface area contributed by atoms with E-state index in [1.165, 1.54) is 24.7 Å². The normalized spacial score (nSPS) is 17.6. The summed E-state index contributed by atoms with van der Waals surface area (Å²) in [6.07, 6.45) is 6.49. The minimum atomic E-state index is 0.0692. The summed E-state index contributed by atoms with van der Waals surface area (Å²) >= 11 is 0. The van der Waals surface area contributed by atoms with Crippen molar-refractivity contribution in [3.05, 3.63) is 54.0 Å². The summed E-state index contributed by atoms with van der Waals surface area (Å²) < 4.78 is 10.4. The van der Waals surface area contributed by atoms with Gasteiger partial charge in [0.05, 0.1) is 18.9 Å². The molecule has 0 saturated carbocycles. The molecule has 1 aliphatic heterocycles. The summed E-state index contributed by atoms with van der Waals surface area (Å²) in [4.78, 5) is 17.1. The van der Waals surface area contributed by atoms with Gasteiger partial charge in [-0.15, -0.1) is 0 Å². The lowest BCUT2D eigenvalue weighted by Crippen LogP contribution is -2.43. The Morgan fingerprint density at radius 3 is 3.00 bits per heavy atom. The first-order valence-corrected chi connectivity index (χ1v) is 9.86. The number of methoxy groups -OCH3 is 1. The van der Waals surface area contributed by atoms with Crippen molar-refractivity contribution in [2.75, 3.05) is 39.8 Å². The zero-order valence-corrected chi connectivity index (χ0v) is 16.4. The second-order valence-corrected chi connectivity index (χ2v) is 7.27. The van der Waals surface area contributed by atoms with Crippen LogP contribution in [-0.4, -0.2) is 55.5 Å². The average molecular weight is 370 g/mol. The number of carbonyl (C=O) groups excluding carboxylic acids is 1. The van der Waals surface area contributed by atoms with Crippen LogP contribution in [-0.2, 0) is 6.42 Å². The fourth-order valence-electron chi connectivity index (χ4n) is 3.85. The Bertz CT molecular complexity index is 714. The maximum atomic E-state index is 12.6. The first-order chi connectivity index (χ1) is 13.2. The van der Waals surface area contributed by atoms with E-state index in [0.29, 0.717) is 11.5 Å². The summed E-state index contributed by atoms with van der Waals surface area (Å²) in [5.74, 6) is 1.51. The van der Waals surface area contributed by atoms with Crippen LogP contribution in [0.15, 0.2) is 47.3 Å². The van der Waals surface area contributed by atoms with E-state index in [1.807, 2.05) is 24.0 Å². The lowest BCUT2D eigenvalue weighted by molar-refractivity contribution is 0.0690. The molecule has 1 fully saturated rings. The number of likely N-dealkylation sites (tertiary alicyclic amines) is 1. The lowest BCUT2D eigenvalue weighted by atomic mass is 9.96. The standard InChI is InChI=1S/C22H30N2O3/c1-3-24(22(25)20-10-13-27-17-20)16-19-7-5-11-23(15-19)12-9-18-6-4-8-21(14-18)26-2/h4,6,8,10,13-14,17,19H,3,5,7,9,11-12,15-16H2,1-2H3/t19-/m1/s1. The maximum Gasteiger partial charge on any atom is 0.257 e. The summed E-state index contributed by atoms with van der Waals surface area (Å²) in [6, 6.07) is 10.0. The number of hydrogen-bond acceptors (Lipinski definition) is 4. The van der Waals surface area contributed by atoms with Crippen molar-refractivity contribution in [3.8, 4) is 5.75 Å². The second kappa shape index (κ2) is 9.60. The Hall–Kier alpha value is -2.27. The zero-order chi connectivity index (χ0) is 19.1. The second-order valence-electron chi connectivity index (χ2n) is 7.27. The van der Waals surface area contributed by atoms with Crippen molar-refractivity contribution >= 4 is 5.91 Å².